The van der Waals surface area contributed by atoms with E-state index in [1.54, 1.807) is 0 Å². The van der Waals surface area contributed by atoms with Crippen LogP contribution in [-0.4, -0.2) is 43.8 Å². The Hall–Kier alpha value is -1.50. The van der Waals surface area contributed by atoms with Gasteiger partial charge in [0.15, 0.2) is 0 Å². The molecule has 0 bridgehead atoms. The number of aromatic amines is 1. The summed E-state index contributed by atoms with van der Waals surface area (Å²) in [4.78, 5) is 11.6. The Morgan fingerprint density at radius 1 is 1.39 bits per heavy atom. The van der Waals surface area contributed by atoms with E-state index in [0.29, 0.717) is 12.8 Å². The number of carbonyl (C=O) groups excluding carboxylic acids is 1. The second kappa shape index (κ2) is 4.64. The second-order valence-corrected chi connectivity index (χ2v) is 5.81. The van der Waals surface area contributed by atoms with Crippen molar-refractivity contribution in [3.63, 3.8) is 0 Å². The number of carbonyl (C=O) groups is 1. The van der Waals surface area contributed by atoms with Crippen LogP contribution in [-0.2, 0) is 0 Å². The molecule has 1 aromatic rings. The molecule has 18 heavy (non-hydrogen) atoms. The van der Waals surface area contributed by atoms with E-state index in [2.05, 4.69) is 39.8 Å². The Morgan fingerprint density at radius 3 is 2.61 bits per heavy atom. The lowest BCUT2D eigenvalue weighted by molar-refractivity contribution is -0.0233. The molecule has 0 saturated heterocycles. The van der Waals surface area contributed by atoms with Gasteiger partial charge in [0.25, 0.3) is 11.7 Å². The minimum atomic E-state index is -0.811. The number of aromatic nitrogens is 4. The van der Waals surface area contributed by atoms with Crippen molar-refractivity contribution in [1.82, 2.24) is 25.9 Å². The van der Waals surface area contributed by atoms with Gasteiger partial charge in [-0.15, -0.1) is 10.2 Å². The van der Waals surface area contributed by atoms with Crippen molar-refractivity contribution in [2.75, 3.05) is 6.54 Å². The molecule has 0 aromatic carbocycles. The van der Waals surface area contributed by atoms with Crippen molar-refractivity contribution in [1.29, 1.82) is 0 Å². The van der Waals surface area contributed by atoms with Crippen LogP contribution in [0.5, 0.6) is 0 Å². The third-order valence-corrected chi connectivity index (χ3v) is 3.66. The van der Waals surface area contributed by atoms with Crippen molar-refractivity contribution >= 4 is 5.91 Å². The lowest BCUT2D eigenvalue weighted by Gasteiger charge is -2.40. The first-order valence-electron chi connectivity index (χ1n) is 6.14. The SMILES string of the molecule is CC1(C)CCC(O)(CNC(=O)c2nn[nH]n2)CC1. The van der Waals surface area contributed by atoms with Gasteiger partial charge in [0.05, 0.1) is 5.60 Å². The molecule has 1 heterocycles. The van der Waals surface area contributed by atoms with Gasteiger partial charge in [0, 0.05) is 6.54 Å². The number of hydrogen-bond acceptors (Lipinski definition) is 5. The summed E-state index contributed by atoms with van der Waals surface area (Å²) >= 11 is 0. The average molecular weight is 253 g/mol. The molecule has 0 radical (unpaired) electrons. The average Bonchev–Trinajstić information content (AvgIpc) is 2.85. The van der Waals surface area contributed by atoms with Gasteiger partial charge in [-0.1, -0.05) is 13.8 Å². The minimum Gasteiger partial charge on any atom is -0.388 e. The normalized spacial score (nSPS) is 21.5. The van der Waals surface area contributed by atoms with Gasteiger partial charge in [-0.05, 0) is 36.3 Å². The molecule has 0 aliphatic heterocycles. The van der Waals surface area contributed by atoms with E-state index in [-0.39, 0.29) is 17.8 Å². The molecule has 2 rings (SSSR count). The van der Waals surface area contributed by atoms with E-state index < -0.39 is 11.5 Å². The zero-order valence-corrected chi connectivity index (χ0v) is 10.7. The number of nitrogens with zero attached hydrogens (tertiary/aromatic N) is 3. The van der Waals surface area contributed by atoms with Crippen LogP contribution in [0, 0.1) is 5.41 Å². The Bertz CT molecular complexity index is 405. The summed E-state index contributed by atoms with van der Waals surface area (Å²) in [6, 6.07) is 0. The predicted octanol–water partition coefficient (Wildman–Crippen LogP) is 0.261. The van der Waals surface area contributed by atoms with Crippen LogP contribution in [0.15, 0.2) is 0 Å². The third-order valence-electron chi connectivity index (χ3n) is 3.66. The first-order chi connectivity index (χ1) is 8.40. The highest BCUT2D eigenvalue weighted by molar-refractivity contribution is 5.90. The van der Waals surface area contributed by atoms with Crippen LogP contribution >= 0.6 is 0 Å². The fraction of sp³-hybridized carbons (Fsp3) is 0.818. The van der Waals surface area contributed by atoms with Crippen LogP contribution in [0.2, 0.25) is 0 Å². The van der Waals surface area contributed by atoms with Gasteiger partial charge in [-0.3, -0.25) is 4.79 Å². The molecule has 1 saturated carbocycles. The summed E-state index contributed by atoms with van der Waals surface area (Å²) in [6.07, 6.45) is 3.32. The Kier molecular flexibility index (Phi) is 3.34. The zero-order valence-electron chi connectivity index (χ0n) is 10.7. The molecular weight excluding hydrogens is 234 g/mol. The summed E-state index contributed by atoms with van der Waals surface area (Å²) in [5.74, 6) is -0.420. The lowest BCUT2D eigenvalue weighted by atomic mass is 9.71. The predicted molar refractivity (Wildman–Crippen MR) is 63.7 cm³/mol. The van der Waals surface area contributed by atoms with Gasteiger partial charge in [0.2, 0.25) is 0 Å². The summed E-state index contributed by atoms with van der Waals surface area (Å²) in [5.41, 5.74) is -0.529. The van der Waals surface area contributed by atoms with Gasteiger partial charge >= 0.3 is 0 Å². The fourth-order valence-electron chi connectivity index (χ4n) is 2.15. The second-order valence-electron chi connectivity index (χ2n) is 5.81. The standard InChI is InChI=1S/C11H19N5O2/c1-10(2)3-5-11(18,6-4-10)7-12-9(17)8-13-15-16-14-8/h18H,3-7H2,1-2H3,(H,12,17)(H,13,14,15,16). The van der Waals surface area contributed by atoms with Crippen LogP contribution < -0.4 is 5.32 Å². The topological polar surface area (TPSA) is 104 Å². The molecule has 1 aromatic heterocycles. The van der Waals surface area contributed by atoms with Crippen LogP contribution in [0.25, 0.3) is 0 Å². The largest absolute Gasteiger partial charge is 0.388 e. The number of aliphatic hydroxyl groups is 1. The summed E-state index contributed by atoms with van der Waals surface area (Å²) in [7, 11) is 0. The Labute approximate surface area is 105 Å². The number of nitrogens with one attached hydrogen (secondary N) is 2. The molecule has 7 nitrogen and oxygen atoms in total. The first kappa shape index (κ1) is 12.9. The molecule has 1 amide bonds. The number of amides is 1. The van der Waals surface area contributed by atoms with E-state index in [4.69, 9.17) is 0 Å². The molecule has 3 N–H and O–H groups in total. The van der Waals surface area contributed by atoms with E-state index in [1.165, 1.54) is 0 Å². The molecule has 0 atom stereocenters. The fourth-order valence-corrected chi connectivity index (χ4v) is 2.15. The minimum absolute atomic E-state index is 0.00487. The van der Waals surface area contributed by atoms with Crippen molar-refractivity contribution in [2.24, 2.45) is 5.41 Å². The molecule has 7 heteroatoms. The summed E-state index contributed by atoms with van der Waals surface area (Å²) in [6.45, 7) is 4.63. The van der Waals surface area contributed by atoms with Gasteiger partial charge in [-0.2, -0.15) is 5.21 Å². The molecule has 1 fully saturated rings. The number of rotatable bonds is 3. The van der Waals surface area contributed by atoms with Gasteiger partial charge in [0.1, 0.15) is 0 Å². The molecule has 100 valence electrons. The maximum Gasteiger partial charge on any atom is 0.292 e. The van der Waals surface area contributed by atoms with Gasteiger partial charge in [-0.25, -0.2) is 0 Å². The van der Waals surface area contributed by atoms with Crippen molar-refractivity contribution in [3.8, 4) is 0 Å². The number of tetrazole rings is 1. The molecule has 0 spiro atoms. The summed E-state index contributed by atoms with van der Waals surface area (Å²) in [5, 5.41) is 25.7. The van der Waals surface area contributed by atoms with Crippen LogP contribution in [0.1, 0.15) is 50.1 Å². The molecule has 1 aliphatic rings. The monoisotopic (exact) mass is 253 g/mol. The first-order valence-corrected chi connectivity index (χ1v) is 6.14. The van der Waals surface area contributed by atoms with E-state index in [9.17, 15) is 9.90 Å². The Balaban J connectivity index is 1.85. The van der Waals surface area contributed by atoms with Crippen molar-refractivity contribution in [2.45, 2.75) is 45.1 Å². The van der Waals surface area contributed by atoms with Crippen molar-refractivity contribution < 1.29 is 9.90 Å². The maximum atomic E-state index is 11.6. The third kappa shape index (κ3) is 3.04. The van der Waals surface area contributed by atoms with E-state index in [0.717, 1.165) is 12.8 Å². The Morgan fingerprint density at radius 2 is 2.06 bits per heavy atom. The highest BCUT2D eigenvalue weighted by Crippen LogP contribution is 2.39. The quantitative estimate of drug-likeness (QED) is 0.717. The molecule has 1 aliphatic carbocycles. The zero-order chi connectivity index (χ0) is 13.2. The maximum absolute atomic E-state index is 11.6. The molecular formula is C11H19N5O2. The smallest absolute Gasteiger partial charge is 0.292 e. The van der Waals surface area contributed by atoms with E-state index in [1.807, 2.05) is 0 Å². The number of H-pyrrole nitrogens is 1. The van der Waals surface area contributed by atoms with Crippen LogP contribution in [0.3, 0.4) is 0 Å². The molecule has 0 unspecified atom stereocenters. The lowest BCUT2D eigenvalue weighted by Crippen LogP contribution is -2.46. The highest BCUT2D eigenvalue weighted by atomic mass is 16.3. The van der Waals surface area contributed by atoms with E-state index >= 15 is 0 Å². The highest BCUT2D eigenvalue weighted by Gasteiger charge is 2.36. The van der Waals surface area contributed by atoms with Crippen molar-refractivity contribution in [3.05, 3.63) is 5.82 Å². The van der Waals surface area contributed by atoms with Crippen LogP contribution in [0.4, 0.5) is 0 Å². The number of hydrogen-bond donors (Lipinski definition) is 3. The van der Waals surface area contributed by atoms with Gasteiger partial charge < -0.3 is 10.4 Å². The summed E-state index contributed by atoms with van der Waals surface area (Å²) < 4.78 is 0.